The third-order valence-corrected chi connectivity index (χ3v) is 6.76. The van der Waals surface area contributed by atoms with E-state index in [0.717, 1.165) is 17.5 Å². The third kappa shape index (κ3) is 3.88. The molecule has 2 heteroatoms. The average molecular weight is 410 g/mol. The van der Waals surface area contributed by atoms with Crippen molar-refractivity contribution in [1.29, 1.82) is 0 Å². The van der Waals surface area contributed by atoms with E-state index in [9.17, 15) is 4.79 Å². The highest BCUT2D eigenvalue weighted by Gasteiger charge is 2.42. The molecular weight excluding hydrogens is 378 g/mol. The molecule has 0 heterocycles. The van der Waals surface area contributed by atoms with Gasteiger partial charge in [-0.25, -0.2) is 0 Å². The SMILES string of the molecule is CCC(=O)C(C[C@H](C)N(C)C)(c1ccc2ccccc2c1)c1ccc2ccccc2c1. The van der Waals surface area contributed by atoms with E-state index in [4.69, 9.17) is 0 Å². The van der Waals surface area contributed by atoms with Crippen LogP contribution < -0.4 is 0 Å². The van der Waals surface area contributed by atoms with E-state index in [1.165, 1.54) is 21.5 Å². The van der Waals surface area contributed by atoms with Crippen LogP contribution >= 0.6 is 0 Å². The largest absolute Gasteiger partial charge is 0.307 e. The number of rotatable bonds is 7. The average Bonchev–Trinajstić information content (AvgIpc) is 2.81. The summed E-state index contributed by atoms with van der Waals surface area (Å²) in [7, 11) is 4.18. The Bertz CT molecular complexity index is 1140. The van der Waals surface area contributed by atoms with Crippen LogP contribution in [0.15, 0.2) is 84.9 Å². The molecule has 0 unspecified atom stereocenters. The molecule has 158 valence electrons. The van der Waals surface area contributed by atoms with Gasteiger partial charge < -0.3 is 4.90 Å². The van der Waals surface area contributed by atoms with E-state index in [-0.39, 0.29) is 11.8 Å². The Hall–Kier alpha value is -2.97. The van der Waals surface area contributed by atoms with Gasteiger partial charge in [0.15, 0.2) is 0 Å². The number of hydrogen-bond acceptors (Lipinski definition) is 2. The molecule has 0 saturated carbocycles. The summed E-state index contributed by atoms with van der Waals surface area (Å²) in [6, 6.07) is 30.1. The number of nitrogens with zero attached hydrogens (tertiary/aromatic N) is 1. The van der Waals surface area contributed by atoms with Gasteiger partial charge in [0.2, 0.25) is 0 Å². The van der Waals surface area contributed by atoms with Crippen LogP contribution in [0.3, 0.4) is 0 Å². The molecule has 0 aliphatic rings. The van der Waals surface area contributed by atoms with Gasteiger partial charge in [0.05, 0.1) is 5.41 Å². The van der Waals surface area contributed by atoms with Crippen LogP contribution in [0.5, 0.6) is 0 Å². The second-order valence-electron chi connectivity index (χ2n) is 8.82. The van der Waals surface area contributed by atoms with Gasteiger partial charge in [-0.1, -0.05) is 79.7 Å². The quantitative estimate of drug-likeness (QED) is 0.343. The summed E-state index contributed by atoms with van der Waals surface area (Å²) in [5.41, 5.74) is 1.48. The van der Waals surface area contributed by atoms with Crippen LogP contribution in [-0.2, 0) is 10.2 Å². The Kier molecular flexibility index (Phi) is 5.93. The predicted octanol–water partition coefficient (Wildman–Crippen LogP) is 6.60. The molecule has 0 radical (unpaired) electrons. The van der Waals surface area contributed by atoms with Crippen molar-refractivity contribution in [2.45, 2.75) is 38.1 Å². The zero-order chi connectivity index (χ0) is 22.0. The van der Waals surface area contributed by atoms with Gasteiger partial charge in [0.25, 0.3) is 0 Å². The molecule has 4 aromatic carbocycles. The topological polar surface area (TPSA) is 20.3 Å². The molecule has 0 N–H and O–H groups in total. The second-order valence-corrected chi connectivity index (χ2v) is 8.82. The van der Waals surface area contributed by atoms with Crippen molar-refractivity contribution >= 4 is 27.3 Å². The van der Waals surface area contributed by atoms with Crippen LogP contribution in [0.4, 0.5) is 0 Å². The zero-order valence-electron chi connectivity index (χ0n) is 18.9. The summed E-state index contributed by atoms with van der Waals surface area (Å²) in [4.78, 5) is 16.1. The smallest absolute Gasteiger partial charge is 0.147 e. The monoisotopic (exact) mass is 409 g/mol. The first-order valence-electron chi connectivity index (χ1n) is 11.1. The van der Waals surface area contributed by atoms with Crippen molar-refractivity contribution in [1.82, 2.24) is 4.90 Å². The van der Waals surface area contributed by atoms with Crippen molar-refractivity contribution in [3.05, 3.63) is 96.1 Å². The molecule has 0 bridgehead atoms. The number of hydrogen-bond donors (Lipinski definition) is 0. The fourth-order valence-corrected chi connectivity index (χ4v) is 4.68. The molecule has 0 saturated heterocycles. The number of carbonyl (C=O) groups excluding carboxylic acids is 1. The highest BCUT2D eigenvalue weighted by Crippen LogP contribution is 2.41. The maximum atomic E-state index is 13.8. The molecule has 0 aliphatic heterocycles. The number of carbonyl (C=O) groups is 1. The van der Waals surface area contributed by atoms with Gasteiger partial charge in [0, 0.05) is 12.5 Å². The lowest BCUT2D eigenvalue weighted by atomic mass is 9.66. The lowest BCUT2D eigenvalue weighted by molar-refractivity contribution is -0.123. The second kappa shape index (κ2) is 8.64. The van der Waals surface area contributed by atoms with E-state index in [0.29, 0.717) is 6.42 Å². The molecule has 0 aromatic heterocycles. The Morgan fingerprint density at radius 2 is 1.23 bits per heavy atom. The van der Waals surface area contributed by atoms with Crippen molar-refractivity contribution < 1.29 is 4.79 Å². The van der Waals surface area contributed by atoms with Gasteiger partial charge in [-0.05, 0) is 72.2 Å². The molecule has 0 aliphatic carbocycles. The minimum Gasteiger partial charge on any atom is -0.307 e. The summed E-state index contributed by atoms with van der Waals surface area (Å²) >= 11 is 0. The summed E-state index contributed by atoms with van der Waals surface area (Å²) in [6.45, 7) is 4.19. The molecule has 4 rings (SSSR count). The molecule has 31 heavy (non-hydrogen) atoms. The van der Waals surface area contributed by atoms with Gasteiger partial charge in [0.1, 0.15) is 5.78 Å². The fourth-order valence-electron chi connectivity index (χ4n) is 4.68. The number of fused-ring (bicyclic) bond motifs is 2. The van der Waals surface area contributed by atoms with Gasteiger partial charge >= 0.3 is 0 Å². The normalized spacial score (nSPS) is 13.1. The predicted molar refractivity (Wildman–Crippen MR) is 132 cm³/mol. The van der Waals surface area contributed by atoms with Gasteiger partial charge in [-0.15, -0.1) is 0 Å². The molecule has 1 atom stereocenters. The summed E-state index contributed by atoms with van der Waals surface area (Å²) in [6.07, 6.45) is 1.24. The third-order valence-electron chi connectivity index (χ3n) is 6.76. The molecule has 0 amide bonds. The number of benzene rings is 4. The Morgan fingerprint density at radius 1 is 0.774 bits per heavy atom. The Morgan fingerprint density at radius 3 is 1.65 bits per heavy atom. The van der Waals surface area contributed by atoms with Crippen LogP contribution in [0.2, 0.25) is 0 Å². The lowest BCUT2D eigenvalue weighted by Crippen LogP contribution is -2.43. The Balaban J connectivity index is 2.01. The molecule has 0 fully saturated rings. The molecule has 0 spiro atoms. The van der Waals surface area contributed by atoms with E-state index < -0.39 is 5.41 Å². The van der Waals surface area contributed by atoms with Crippen LogP contribution in [0.1, 0.15) is 37.8 Å². The van der Waals surface area contributed by atoms with E-state index in [1.54, 1.807) is 0 Å². The highest BCUT2D eigenvalue weighted by molar-refractivity contribution is 5.97. The number of Topliss-reactive ketones (excluding diaryl/α,β-unsaturated/α-hetero) is 1. The van der Waals surface area contributed by atoms with Crippen LogP contribution in [0.25, 0.3) is 21.5 Å². The summed E-state index contributed by atoms with van der Waals surface area (Å²) < 4.78 is 0. The molecule has 2 nitrogen and oxygen atoms in total. The zero-order valence-corrected chi connectivity index (χ0v) is 18.9. The van der Waals surface area contributed by atoms with Gasteiger partial charge in [-0.3, -0.25) is 4.79 Å². The van der Waals surface area contributed by atoms with Crippen LogP contribution in [0, 0.1) is 0 Å². The first-order valence-corrected chi connectivity index (χ1v) is 11.1. The number of ketones is 1. The maximum absolute atomic E-state index is 13.8. The van der Waals surface area contributed by atoms with Crippen molar-refractivity contribution in [2.24, 2.45) is 0 Å². The van der Waals surface area contributed by atoms with E-state index in [1.807, 2.05) is 6.92 Å². The standard InChI is InChI=1S/C29H31NO/c1-5-28(31)29(20-21(2)30(3)4,26-16-14-22-10-6-8-12-24(22)18-26)27-17-15-23-11-7-9-13-25(23)19-27/h6-19,21H,5,20H2,1-4H3/t21-/m0/s1. The lowest BCUT2D eigenvalue weighted by Gasteiger charge is -2.38. The Labute approximate surface area is 185 Å². The highest BCUT2D eigenvalue weighted by atomic mass is 16.1. The minimum absolute atomic E-state index is 0.244. The van der Waals surface area contributed by atoms with E-state index >= 15 is 0 Å². The van der Waals surface area contributed by atoms with Crippen LogP contribution in [-0.4, -0.2) is 30.8 Å². The van der Waals surface area contributed by atoms with Gasteiger partial charge in [-0.2, -0.15) is 0 Å². The van der Waals surface area contributed by atoms with Crippen molar-refractivity contribution in [3.8, 4) is 0 Å². The van der Waals surface area contributed by atoms with E-state index in [2.05, 4.69) is 111 Å². The first kappa shape index (κ1) is 21.3. The summed E-state index contributed by atoms with van der Waals surface area (Å²) in [5, 5.41) is 4.74. The first-order chi connectivity index (χ1) is 15.0. The maximum Gasteiger partial charge on any atom is 0.147 e. The molecular formula is C29H31NO. The molecule has 4 aromatic rings. The minimum atomic E-state index is -0.688. The van der Waals surface area contributed by atoms with Crippen molar-refractivity contribution in [2.75, 3.05) is 14.1 Å². The summed E-state index contributed by atoms with van der Waals surface area (Å²) in [5.74, 6) is 0.270. The van der Waals surface area contributed by atoms with Crippen molar-refractivity contribution in [3.63, 3.8) is 0 Å². The fraction of sp³-hybridized carbons (Fsp3) is 0.276.